The van der Waals surface area contributed by atoms with Gasteiger partial charge in [0.05, 0.1) is 31.0 Å². The van der Waals surface area contributed by atoms with Crippen LogP contribution in [0.25, 0.3) is 0 Å². The predicted octanol–water partition coefficient (Wildman–Crippen LogP) is 1.87. The van der Waals surface area contributed by atoms with E-state index in [0.717, 1.165) is 6.20 Å². The van der Waals surface area contributed by atoms with E-state index in [2.05, 4.69) is 15.4 Å². The number of aliphatic hydroxyl groups is 1. The maximum atomic E-state index is 12.9. The van der Waals surface area contributed by atoms with Gasteiger partial charge in [0, 0.05) is 18.9 Å². The van der Waals surface area contributed by atoms with Crippen molar-refractivity contribution in [3.05, 3.63) is 42.0 Å². The first-order valence-electron chi connectivity index (χ1n) is 8.35. The number of hydrogen-bond donors (Lipinski definition) is 2. The number of aromatic nitrogens is 3. The summed E-state index contributed by atoms with van der Waals surface area (Å²) in [5.41, 5.74) is -1.46. The third kappa shape index (κ3) is 4.38. The number of pyridine rings is 1. The first-order valence-corrected chi connectivity index (χ1v) is 8.35. The second-order valence-electron chi connectivity index (χ2n) is 6.48. The van der Waals surface area contributed by atoms with Crippen LogP contribution in [0.4, 0.5) is 13.2 Å². The van der Waals surface area contributed by atoms with Crippen molar-refractivity contribution in [3.8, 4) is 5.75 Å². The SMILES string of the molecule is COc1cnc(C(F)(F)F)cc1C(=O)N[C@@H]1CC(Cn2cccn2)C[C@H]1O. The molecule has 2 N–H and O–H groups in total. The van der Waals surface area contributed by atoms with Crippen molar-refractivity contribution in [3.63, 3.8) is 0 Å². The molecule has 1 saturated carbocycles. The lowest BCUT2D eigenvalue weighted by Gasteiger charge is -2.18. The van der Waals surface area contributed by atoms with Crippen LogP contribution in [0, 0.1) is 5.92 Å². The van der Waals surface area contributed by atoms with Gasteiger partial charge < -0.3 is 15.2 Å². The first-order chi connectivity index (χ1) is 12.8. The Bertz CT molecular complexity index is 795. The number of ether oxygens (including phenoxy) is 1. The summed E-state index contributed by atoms with van der Waals surface area (Å²) in [6.45, 7) is 0.591. The monoisotopic (exact) mass is 384 g/mol. The van der Waals surface area contributed by atoms with Gasteiger partial charge in [0.15, 0.2) is 0 Å². The molecule has 2 aromatic rings. The van der Waals surface area contributed by atoms with Crippen LogP contribution in [0.1, 0.15) is 28.9 Å². The van der Waals surface area contributed by atoms with Crippen LogP contribution in [-0.2, 0) is 12.7 Å². The zero-order valence-corrected chi connectivity index (χ0v) is 14.5. The lowest BCUT2D eigenvalue weighted by atomic mass is 10.1. The lowest BCUT2D eigenvalue weighted by Crippen LogP contribution is -2.40. The van der Waals surface area contributed by atoms with Gasteiger partial charge in [-0.1, -0.05) is 0 Å². The summed E-state index contributed by atoms with van der Waals surface area (Å²) in [5.74, 6) is -0.722. The molecule has 0 radical (unpaired) electrons. The smallest absolute Gasteiger partial charge is 0.433 e. The Balaban J connectivity index is 1.71. The number of methoxy groups -OCH3 is 1. The molecule has 146 valence electrons. The van der Waals surface area contributed by atoms with Crippen LogP contribution in [0.2, 0.25) is 0 Å². The molecule has 2 heterocycles. The average molecular weight is 384 g/mol. The highest BCUT2D eigenvalue weighted by Crippen LogP contribution is 2.31. The Morgan fingerprint density at radius 1 is 1.44 bits per heavy atom. The highest BCUT2D eigenvalue weighted by molar-refractivity contribution is 5.97. The van der Waals surface area contributed by atoms with Gasteiger partial charge in [-0.25, -0.2) is 4.98 Å². The molecule has 27 heavy (non-hydrogen) atoms. The Hall–Kier alpha value is -2.62. The van der Waals surface area contributed by atoms with E-state index in [1.54, 1.807) is 23.1 Å². The van der Waals surface area contributed by atoms with Gasteiger partial charge in [-0.05, 0) is 30.9 Å². The van der Waals surface area contributed by atoms with Crippen LogP contribution < -0.4 is 10.1 Å². The summed E-state index contributed by atoms with van der Waals surface area (Å²) in [7, 11) is 1.24. The zero-order chi connectivity index (χ0) is 19.6. The van der Waals surface area contributed by atoms with Gasteiger partial charge in [0.1, 0.15) is 11.4 Å². The van der Waals surface area contributed by atoms with Gasteiger partial charge in [-0.3, -0.25) is 9.48 Å². The van der Waals surface area contributed by atoms with E-state index in [4.69, 9.17) is 4.74 Å². The molecule has 3 rings (SSSR count). The Morgan fingerprint density at radius 2 is 2.22 bits per heavy atom. The van der Waals surface area contributed by atoms with Crippen LogP contribution in [-0.4, -0.2) is 45.0 Å². The van der Waals surface area contributed by atoms with Crippen molar-refractivity contribution >= 4 is 5.91 Å². The molecule has 10 heteroatoms. The normalized spacial score (nSPS) is 22.6. The maximum Gasteiger partial charge on any atom is 0.433 e. The molecule has 0 aromatic carbocycles. The molecular weight excluding hydrogens is 365 g/mol. The van der Waals surface area contributed by atoms with Gasteiger partial charge in [-0.2, -0.15) is 18.3 Å². The van der Waals surface area contributed by atoms with Gasteiger partial charge >= 0.3 is 6.18 Å². The number of alkyl halides is 3. The van der Waals surface area contributed by atoms with Gasteiger partial charge in [0.2, 0.25) is 0 Å². The van der Waals surface area contributed by atoms with E-state index in [1.165, 1.54) is 7.11 Å². The van der Waals surface area contributed by atoms with Crippen LogP contribution in [0.3, 0.4) is 0 Å². The maximum absolute atomic E-state index is 12.9. The fourth-order valence-corrected chi connectivity index (χ4v) is 3.28. The highest BCUT2D eigenvalue weighted by atomic mass is 19.4. The molecule has 1 aliphatic carbocycles. The molecule has 0 saturated heterocycles. The standard InChI is InChI=1S/C17H19F3N4O3/c1-27-14-8-21-15(17(18,19)20)7-11(14)16(26)23-12-5-10(6-13(12)25)9-24-4-2-3-22-24/h2-4,7-8,10,12-13,25H,5-6,9H2,1H3,(H,23,26)/t10?,12-,13-/m1/s1. The van der Waals surface area contributed by atoms with Gasteiger partial charge in [-0.15, -0.1) is 0 Å². The van der Waals surface area contributed by atoms with Crippen LogP contribution in [0.5, 0.6) is 5.75 Å². The van der Waals surface area contributed by atoms with E-state index >= 15 is 0 Å². The largest absolute Gasteiger partial charge is 0.494 e. The number of hydrogen-bond acceptors (Lipinski definition) is 5. The van der Waals surface area contributed by atoms with Crippen LogP contribution in [0.15, 0.2) is 30.7 Å². The minimum atomic E-state index is -4.68. The minimum Gasteiger partial charge on any atom is -0.494 e. The summed E-state index contributed by atoms with van der Waals surface area (Å²) < 4.78 is 45.3. The Kier molecular flexibility index (Phi) is 5.36. The van der Waals surface area contributed by atoms with Crippen molar-refractivity contribution in [2.45, 2.75) is 37.7 Å². The molecular formula is C17H19F3N4O3. The summed E-state index contributed by atoms with van der Waals surface area (Å²) in [4.78, 5) is 15.8. The Labute approximate surface area is 153 Å². The van der Waals surface area contributed by atoms with E-state index in [0.29, 0.717) is 25.5 Å². The van der Waals surface area contributed by atoms with E-state index < -0.39 is 29.9 Å². The quantitative estimate of drug-likeness (QED) is 0.822. The predicted molar refractivity (Wildman–Crippen MR) is 88.0 cm³/mol. The van der Waals surface area contributed by atoms with Crippen molar-refractivity contribution in [2.24, 2.45) is 5.92 Å². The lowest BCUT2D eigenvalue weighted by molar-refractivity contribution is -0.141. The number of carbonyl (C=O) groups is 1. The van der Waals surface area contributed by atoms with E-state index in [-0.39, 0.29) is 17.2 Å². The van der Waals surface area contributed by atoms with E-state index in [9.17, 15) is 23.1 Å². The van der Waals surface area contributed by atoms with Crippen molar-refractivity contribution in [1.82, 2.24) is 20.1 Å². The second kappa shape index (κ2) is 7.55. The first kappa shape index (κ1) is 19.2. The van der Waals surface area contributed by atoms with Crippen molar-refractivity contribution in [1.29, 1.82) is 0 Å². The molecule has 1 aliphatic rings. The fourth-order valence-electron chi connectivity index (χ4n) is 3.28. The molecule has 3 atom stereocenters. The summed E-state index contributed by atoms with van der Waals surface area (Å²) in [6.07, 6.45) is -0.188. The zero-order valence-electron chi connectivity index (χ0n) is 14.5. The molecule has 0 spiro atoms. The number of halogens is 3. The fraction of sp³-hybridized carbons (Fsp3) is 0.471. The molecule has 0 aliphatic heterocycles. The minimum absolute atomic E-state index is 0.0684. The number of amides is 1. The second-order valence-corrected chi connectivity index (χ2v) is 6.48. The highest BCUT2D eigenvalue weighted by Gasteiger charge is 2.36. The number of nitrogens with one attached hydrogen (secondary N) is 1. The molecule has 0 bridgehead atoms. The molecule has 1 amide bonds. The third-order valence-electron chi connectivity index (χ3n) is 4.57. The van der Waals surface area contributed by atoms with E-state index in [1.807, 2.05) is 0 Å². The average Bonchev–Trinajstić information content (AvgIpc) is 3.23. The molecule has 7 nitrogen and oxygen atoms in total. The van der Waals surface area contributed by atoms with Gasteiger partial charge in [0.25, 0.3) is 5.91 Å². The van der Waals surface area contributed by atoms with Crippen molar-refractivity contribution < 1.29 is 27.8 Å². The Morgan fingerprint density at radius 3 is 2.85 bits per heavy atom. The molecule has 2 aromatic heterocycles. The summed E-state index contributed by atoms with van der Waals surface area (Å²) >= 11 is 0. The number of aliphatic hydroxyl groups excluding tert-OH is 1. The molecule has 1 unspecified atom stereocenters. The summed E-state index contributed by atoms with van der Waals surface area (Å²) in [5, 5.41) is 17.0. The topological polar surface area (TPSA) is 89.3 Å². The number of carbonyl (C=O) groups excluding carboxylic acids is 1. The van der Waals surface area contributed by atoms with Crippen molar-refractivity contribution in [2.75, 3.05) is 7.11 Å². The third-order valence-corrected chi connectivity index (χ3v) is 4.57. The van der Waals surface area contributed by atoms with Crippen LogP contribution >= 0.6 is 0 Å². The molecule has 1 fully saturated rings. The summed E-state index contributed by atoms with van der Waals surface area (Å²) in [6, 6.07) is 1.88. The number of nitrogens with zero attached hydrogens (tertiary/aromatic N) is 3. The number of rotatable bonds is 5.